The summed E-state index contributed by atoms with van der Waals surface area (Å²) in [5.41, 5.74) is 0.729. The Bertz CT molecular complexity index is 290. The van der Waals surface area contributed by atoms with Gasteiger partial charge in [-0.1, -0.05) is 13.8 Å². The average molecular weight is 234 g/mol. The van der Waals surface area contributed by atoms with E-state index in [1.54, 1.807) is 30.8 Å². The molecule has 0 unspecified atom stereocenters. The van der Waals surface area contributed by atoms with E-state index in [0.29, 0.717) is 0 Å². The van der Waals surface area contributed by atoms with Crippen LogP contribution in [0, 0.1) is 6.92 Å². The lowest BCUT2D eigenvalue weighted by Gasteiger charge is -2.08. The van der Waals surface area contributed by atoms with E-state index >= 15 is 0 Å². The van der Waals surface area contributed by atoms with Gasteiger partial charge in [-0.05, 0) is 36.9 Å². The van der Waals surface area contributed by atoms with Crippen molar-refractivity contribution in [1.82, 2.24) is 0 Å². The zero-order chi connectivity index (χ0) is 11.8. The Labute approximate surface area is 93.8 Å². The molecule has 0 fully saturated rings. The van der Waals surface area contributed by atoms with Crippen LogP contribution < -0.4 is 4.74 Å². The molecular weight excluding hydrogens is 218 g/mol. The minimum atomic E-state index is -2.75. The molecule has 0 aromatic heterocycles. The summed E-state index contributed by atoms with van der Waals surface area (Å²) in [5.74, 6) is 0.243. The monoisotopic (exact) mass is 234 g/mol. The third kappa shape index (κ3) is 5.02. The van der Waals surface area contributed by atoms with E-state index in [2.05, 4.69) is 4.74 Å². The van der Waals surface area contributed by atoms with Crippen LogP contribution in [-0.2, 0) is 0 Å². The van der Waals surface area contributed by atoms with Crippen molar-refractivity contribution in [2.24, 2.45) is 0 Å². The lowest BCUT2D eigenvalue weighted by molar-refractivity contribution is -0.0503. The van der Waals surface area contributed by atoms with Gasteiger partial charge >= 0.3 is 6.61 Å². The van der Waals surface area contributed by atoms with Crippen molar-refractivity contribution in [3.63, 3.8) is 0 Å². The van der Waals surface area contributed by atoms with E-state index in [9.17, 15) is 8.78 Å². The van der Waals surface area contributed by atoms with Gasteiger partial charge in [-0.15, -0.1) is 11.8 Å². The topological polar surface area (TPSA) is 9.23 Å². The Morgan fingerprint density at radius 3 is 2.27 bits per heavy atom. The summed E-state index contributed by atoms with van der Waals surface area (Å²) in [4.78, 5) is 1.04. The van der Waals surface area contributed by atoms with Crippen LogP contribution in [0.1, 0.15) is 19.4 Å². The first-order chi connectivity index (χ1) is 7.13. The smallest absolute Gasteiger partial charge is 0.387 e. The van der Waals surface area contributed by atoms with Gasteiger partial charge < -0.3 is 4.74 Å². The average Bonchev–Trinajstić information content (AvgIpc) is 2.23. The summed E-state index contributed by atoms with van der Waals surface area (Å²) in [6.07, 6.45) is 1.93. The molecule has 0 aliphatic rings. The zero-order valence-corrected chi connectivity index (χ0v) is 10.2. The largest absolute Gasteiger partial charge is 0.435 e. The van der Waals surface area contributed by atoms with E-state index in [4.69, 9.17) is 0 Å². The van der Waals surface area contributed by atoms with Crippen LogP contribution in [0.2, 0.25) is 0 Å². The van der Waals surface area contributed by atoms with Gasteiger partial charge in [0.15, 0.2) is 0 Å². The highest BCUT2D eigenvalue weighted by molar-refractivity contribution is 7.98. The van der Waals surface area contributed by atoms with Gasteiger partial charge in [0, 0.05) is 4.90 Å². The molecule has 1 rings (SSSR count). The van der Waals surface area contributed by atoms with Crippen molar-refractivity contribution in [3.05, 3.63) is 23.8 Å². The minimum Gasteiger partial charge on any atom is -0.435 e. The maximum Gasteiger partial charge on any atom is 0.387 e. The number of hydrogen-bond acceptors (Lipinski definition) is 2. The van der Waals surface area contributed by atoms with Gasteiger partial charge in [0.2, 0.25) is 0 Å². The summed E-state index contributed by atoms with van der Waals surface area (Å²) >= 11 is 1.57. The predicted octanol–water partition coefficient (Wildman–Crippen LogP) is 4.34. The van der Waals surface area contributed by atoms with Gasteiger partial charge in [-0.3, -0.25) is 0 Å². The molecule has 15 heavy (non-hydrogen) atoms. The Morgan fingerprint density at radius 1 is 1.27 bits per heavy atom. The summed E-state index contributed by atoms with van der Waals surface area (Å²) in [6, 6.07) is 5.14. The summed E-state index contributed by atoms with van der Waals surface area (Å²) in [7, 11) is 0. The lowest BCUT2D eigenvalue weighted by Crippen LogP contribution is -2.03. The second-order valence-electron chi connectivity index (χ2n) is 2.51. The minimum absolute atomic E-state index is 0.243. The molecule has 0 amide bonds. The predicted molar refractivity (Wildman–Crippen MR) is 60.9 cm³/mol. The second-order valence-corrected chi connectivity index (χ2v) is 3.39. The number of benzene rings is 1. The third-order valence-corrected chi connectivity index (χ3v) is 2.32. The first-order valence-electron chi connectivity index (χ1n) is 4.73. The quantitative estimate of drug-likeness (QED) is 0.719. The standard InChI is InChI=1S/C9H10F2OS.C2H6/c1-6-5-7(13-2)3-4-8(6)12-9(10)11;1-2/h3-5,9H,1-2H3;1-2H3. The van der Waals surface area contributed by atoms with Gasteiger partial charge in [-0.2, -0.15) is 8.78 Å². The Balaban J connectivity index is 0.000000921. The van der Waals surface area contributed by atoms with Crippen LogP contribution in [-0.4, -0.2) is 12.9 Å². The maximum absolute atomic E-state index is 11.9. The molecule has 0 heterocycles. The molecule has 1 nitrogen and oxygen atoms in total. The fourth-order valence-corrected chi connectivity index (χ4v) is 1.48. The molecule has 0 atom stereocenters. The Hall–Kier alpha value is -0.770. The number of hydrogen-bond donors (Lipinski definition) is 0. The molecule has 0 saturated heterocycles. The highest BCUT2D eigenvalue weighted by Crippen LogP contribution is 2.25. The highest BCUT2D eigenvalue weighted by Gasteiger charge is 2.06. The number of halogens is 2. The molecule has 4 heteroatoms. The third-order valence-electron chi connectivity index (χ3n) is 1.60. The van der Waals surface area contributed by atoms with Crippen LogP contribution in [0.5, 0.6) is 5.75 Å². The van der Waals surface area contributed by atoms with Crippen molar-refractivity contribution in [3.8, 4) is 5.75 Å². The summed E-state index contributed by atoms with van der Waals surface area (Å²) < 4.78 is 28.0. The van der Waals surface area contributed by atoms with E-state index in [-0.39, 0.29) is 5.75 Å². The first kappa shape index (κ1) is 14.2. The molecule has 0 spiro atoms. The molecule has 1 aromatic carbocycles. The Morgan fingerprint density at radius 2 is 1.87 bits per heavy atom. The SMILES string of the molecule is CC.CSc1ccc(OC(F)F)c(C)c1. The van der Waals surface area contributed by atoms with E-state index in [1.165, 1.54) is 0 Å². The fourth-order valence-electron chi connectivity index (χ4n) is 0.977. The number of rotatable bonds is 3. The van der Waals surface area contributed by atoms with Crippen molar-refractivity contribution < 1.29 is 13.5 Å². The molecule has 1 aromatic rings. The molecule has 0 aliphatic carbocycles. The molecule has 86 valence electrons. The van der Waals surface area contributed by atoms with E-state index in [0.717, 1.165) is 10.5 Å². The Kier molecular flexibility index (Phi) is 7.13. The summed E-state index contributed by atoms with van der Waals surface area (Å²) in [6.45, 7) is 3.00. The maximum atomic E-state index is 11.9. The molecule has 0 N–H and O–H groups in total. The van der Waals surface area contributed by atoms with Crippen molar-refractivity contribution in [2.75, 3.05) is 6.26 Å². The van der Waals surface area contributed by atoms with E-state index in [1.807, 2.05) is 26.2 Å². The number of aryl methyl sites for hydroxylation is 1. The number of ether oxygens (including phenoxy) is 1. The van der Waals surface area contributed by atoms with Gasteiger partial charge in [0.1, 0.15) is 5.75 Å². The molecule has 0 radical (unpaired) electrons. The van der Waals surface area contributed by atoms with Gasteiger partial charge in [0.25, 0.3) is 0 Å². The van der Waals surface area contributed by atoms with Crippen molar-refractivity contribution >= 4 is 11.8 Å². The first-order valence-corrected chi connectivity index (χ1v) is 5.95. The van der Waals surface area contributed by atoms with Crippen LogP contribution in [0.15, 0.2) is 23.1 Å². The number of thioether (sulfide) groups is 1. The van der Waals surface area contributed by atoms with Crippen molar-refractivity contribution in [1.29, 1.82) is 0 Å². The van der Waals surface area contributed by atoms with Crippen LogP contribution >= 0.6 is 11.8 Å². The molecular formula is C11H16F2OS. The zero-order valence-electron chi connectivity index (χ0n) is 9.38. The molecule has 0 saturated carbocycles. The molecule has 0 bridgehead atoms. The van der Waals surface area contributed by atoms with Crippen LogP contribution in [0.3, 0.4) is 0 Å². The van der Waals surface area contributed by atoms with Gasteiger partial charge in [0.05, 0.1) is 0 Å². The van der Waals surface area contributed by atoms with Crippen molar-refractivity contribution in [2.45, 2.75) is 32.3 Å². The number of alkyl halides is 2. The lowest BCUT2D eigenvalue weighted by atomic mass is 10.2. The fraction of sp³-hybridized carbons (Fsp3) is 0.455. The second kappa shape index (κ2) is 7.51. The van der Waals surface area contributed by atoms with E-state index < -0.39 is 6.61 Å². The van der Waals surface area contributed by atoms with Gasteiger partial charge in [-0.25, -0.2) is 0 Å². The normalized spacial score (nSPS) is 9.53. The highest BCUT2D eigenvalue weighted by atomic mass is 32.2. The summed E-state index contributed by atoms with van der Waals surface area (Å²) in [5, 5.41) is 0. The van der Waals surface area contributed by atoms with Crippen LogP contribution in [0.25, 0.3) is 0 Å². The molecule has 0 aliphatic heterocycles. The van der Waals surface area contributed by atoms with Crippen LogP contribution in [0.4, 0.5) is 8.78 Å².